The molecule has 0 aromatic rings. The van der Waals surface area contributed by atoms with E-state index >= 15 is 0 Å². The largest absolute Gasteiger partial charge is 0.340 e. The van der Waals surface area contributed by atoms with E-state index in [1.807, 2.05) is 0 Å². The van der Waals surface area contributed by atoms with Gasteiger partial charge in [0.25, 0.3) is 0 Å². The molecule has 2 saturated carbocycles. The van der Waals surface area contributed by atoms with Crippen molar-refractivity contribution < 1.29 is 4.79 Å². The highest BCUT2D eigenvalue weighted by molar-refractivity contribution is 5.85. The van der Waals surface area contributed by atoms with E-state index in [1.165, 1.54) is 32.1 Å². The third kappa shape index (κ3) is 3.61. The van der Waals surface area contributed by atoms with Gasteiger partial charge in [-0.3, -0.25) is 4.79 Å². The second-order valence-corrected chi connectivity index (χ2v) is 5.85. The maximum atomic E-state index is 12.4. The summed E-state index contributed by atoms with van der Waals surface area (Å²) in [7, 11) is 0. The maximum Gasteiger partial charge on any atom is 0.223 e. The van der Waals surface area contributed by atoms with Crippen LogP contribution in [0.1, 0.15) is 58.3 Å². The van der Waals surface area contributed by atoms with Crippen LogP contribution in [-0.2, 0) is 4.79 Å². The Morgan fingerprint density at radius 2 is 1.89 bits per heavy atom. The lowest BCUT2D eigenvalue weighted by Crippen LogP contribution is -2.41. The van der Waals surface area contributed by atoms with Gasteiger partial charge >= 0.3 is 0 Å². The monoisotopic (exact) mass is 274 g/mol. The minimum atomic E-state index is 0. The number of carbonyl (C=O) groups excluding carboxylic acids is 1. The second kappa shape index (κ2) is 6.76. The van der Waals surface area contributed by atoms with Crippen LogP contribution >= 0.6 is 12.4 Å². The van der Waals surface area contributed by atoms with Crippen molar-refractivity contribution in [3.8, 4) is 0 Å². The van der Waals surface area contributed by atoms with Crippen molar-refractivity contribution in [1.29, 1.82) is 0 Å². The molecule has 18 heavy (non-hydrogen) atoms. The van der Waals surface area contributed by atoms with E-state index in [-0.39, 0.29) is 17.8 Å². The van der Waals surface area contributed by atoms with Crippen LogP contribution in [0.5, 0.6) is 0 Å². The average Bonchev–Trinajstić information content (AvgIpc) is 3.16. The number of nitrogens with zero attached hydrogens (tertiary/aromatic N) is 1. The van der Waals surface area contributed by atoms with Crippen LogP contribution in [-0.4, -0.2) is 29.9 Å². The van der Waals surface area contributed by atoms with Crippen LogP contribution in [0.4, 0.5) is 0 Å². The SMILES string of the molecule is CCN(C(=O)CC1(CN)CCCCC1)C1CC1.Cl. The third-order valence-electron chi connectivity index (χ3n) is 4.52. The molecule has 0 aliphatic heterocycles. The molecule has 2 N–H and O–H groups in total. The first-order valence-corrected chi connectivity index (χ1v) is 7.20. The van der Waals surface area contributed by atoms with Gasteiger partial charge < -0.3 is 10.6 Å². The molecule has 2 fully saturated rings. The molecule has 0 spiro atoms. The minimum absolute atomic E-state index is 0. The molecular weight excluding hydrogens is 248 g/mol. The molecular formula is C14H27ClN2O. The number of nitrogens with two attached hydrogens (primary N) is 1. The first kappa shape index (κ1) is 15.8. The highest BCUT2D eigenvalue weighted by Crippen LogP contribution is 2.39. The van der Waals surface area contributed by atoms with E-state index in [9.17, 15) is 4.79 Å². The zero-order chi connectivity index (χ0) is 12.3. The summed E-state index contributed by atoms with van der Waals surface area (Å²) in [5, 5.41) is 0. The van der Waals surface area contributed by atoms with Crippen LogP contribution in [0, 0.1) is 5.41 Å². The van der Waals surface area contributed by atoms with E-state index in [0.717, 1.165) is 19.4 Å². The number of carbonyl (C=O) groups is 1. The van der Waals surface area contributed by atoms with E-state index < -0.39 is 0 Å². The molecule has 0 atom stereocenters. The Morgan fingerprint density at radius 3 is 2.33 bits per heavy atom. The lowest BCUT2D eigenvalue weighted by atomic mass is 9.71. The lowest BCUT2D eigenvalue weighted by molar-refractivity contribution is -0.134. The van der Waals surface area contributed by atoms with E-state index in [2.05, 4.69) is 11.8 Å². The molecule has 3 nitrogen and oxygen atoms in total. The van der Waals surface area contributed by atoms with E-state index in [0.29, 0.717) is 24.9 Å². The van der Waals surface area contributed by atoms with Gasteiger partial charge in [0, 0.05) is 19.0 Å². The smallest absolute Gasteiger partial charge is 0.223 e. The number of hydrogen-bond donors (Lipinski definition) is 1. The molecule has 0 aromatic carbocycles. The predicted octanol–water partition coefficient (Wildman–Crippen LogP) is 2.72. The van der Waals surface area contributed by atoms with Crippen LogP contribution in [0.25, 0.3) is 0 Å². The fraction of sp³-hybridized carbons (Fsp3) is 0.929. The van der Waals surface area contributed by atoms with Crippen LogP contribution in [0.15, 0.2) is 0 Å². The number of rotatable bonds is 5. The summed E-state index contributed by atoms with van der Waals surface area (Å²) in [5.74, 6) is 0.349. The fourth-order valence-electron chi connectivity index (χ4n) is 3.20. The lowest BCUT2D eigenvalue weighted by Gasteiger charge is -2.37. The Bertz CT molecular complexity index is 273. The summed E-state index contributed by atoms with van der Waals surface area (Å²) in [4.78, 5) is 14.4. The van der Waals surface area contributed by atoms with Crippen LogP contribution in [0.2, 0.25) is 0 Å². The highest BCUT2D eigenvalue weighted by atomic mass is 35.5. The Balaban J connectivity index is 0.00000162. The second-order valence-electron chi connectivity index (χ2n) is 5.85. The minimum Gasteiger partial charge on any atom is -0.340 e. The van der Waals surface area contributed by atoms with E-state index in [1.54, 1.807) is 0 Å². The highest BCUT2D eigenvalue weighted by Gasteiger charge is 2.37. The van der Waals surface area contributed by atoms with Gasteiger partial charge in [-0.1, -0.05) is 19.3 Å². The van der Waals surface area contributed by atoms with Gasteiger partial charge in [0.15, 0.2) is 0 Å². The molecule has 2 rings (SSSR count). The predicted molar refractivity (Wildman–Crippen MR) is 76.8 cm³/mol. The Hall–Kier alpha value is -0.280. The molecule has 2 aliphatic rings. The first-order valence-electron chi connectivity index (χ1n) is 7.20. The van der Waals surface area contributed by atoms with Gasteiger partial charge in [0.05, 0.1) is 0 Å². The van der Waals surface area contributed by atoms with Crippen molar-refractivity contribution in [3.05, 3.63) is 0 Å². The van der Waals surface area contributed by atoms with Gasteiger partial charge in [-0.25, -0.2) is 0 Å². The zero-order valence-corrected chi connectivity index (χ0v) is 12.3. The average molecular weight is 275 g/mol. The maximum absolute atomic E-state index is 12.4. The summed E-state index contributed by atoms with van der Waals surface area (Å²) in [6.45, 7) is 3.64. The summed E-state index contributed by atoms with van der Waals surface area (Å²) in [6.07, 6.45) is 9.21. The Kier molecular flexibility index (Phi) is 5.93. The third-order valence-corrected chi connectivity index (χ3v) is 4.52. The van der Waals surface area contributed by atoms with Crippen molar-refractivity contribution in [3.63, 3.8) is 0 Å². The van der Waals surface area contributed by atoms with Crippen molar-refractivity contribution in [2.24, 2.45) is 11.1 Å². The van der Waals surface area contributed by atoms with Crippen LogP contribution in [0.3, 0.4) is 0 Å². The molecule has 0 heterocycles. The number of hydrogen-bond acceptors (Lipinski definition) is 2. The fourth-order valence-corrected chi connectivity index (χ4v) is 3.20. The van der Waals surface area contributed by atoms with Crippen molar-refractivity contribution in [1.82, 2.24) is 4.90 Å². The molecule has 0 unspecified atom stereocenters. The molecule has 1 amide bonds. The van der Waals surface area contributed by atoms with Gasteiger partial charge in [-0.15, -0.1) is 12.4 Å². The Morgan fingerprint density at radius 1 is 1.28 bits per heavy atom. The Labute approximate surface area is 117 Å². The van der Waals surface area contributed by atoms with Crippen molar-refractivity contribution in [2.45, 2.75) is 64.3 Å². The van der Waals surface area contributed by atoms with Gasteiger partial charge in [-0.2, -0.15) is 0 Å². The quantitative estimate of drug-likeness (QED) is 0.838. The molecule has 0 radical (unpaired) electrons. The summed E-state index contributed by atoms with van der Waals surface area (Å²) in [6, 6.07) is 0.547. The summed E-state index contributed by atoms with van der Waals surface area (Å²) >= 11 is 0. The summed E-state index contributed by atoms with van der Waals surface area (Å²) < 4.78 is 0. The number of amides is 1. The molecule has 0 aromatic heterocycles. The normalized spacial score (nSPS) is 22.1. The topological polar surface area (TPSA) is 46.3 Å². The molecule has 2 aliphatic carbocycles. The van der Waals surface area contributed by atoms with Crippen molar-refractivity contribution >= 4 is 18.3 Å². The van der Waals surface area contributed by atoms with Gasteiger partial charge in [0.1, 0.15) is 0 Å². The molecule has 0 saturated heterocycles. The molecule has 4 heteroatoms. The van der Waals surface area contributed by atoms with Crippen LogP contribution < -0.4 is 5.73 Å². The standard InChI is InChI=1S/C14H26N2O.ClH/c1-2-16(12-6-7-12)13(17)10-14(11-15)8-4-3-5-9-14;/h12H,2-11,15H2,1H3;1H. The first-order chi connectivity index (χ1) is 8.21. The van der Waals surface area contributed by atoms with Crippen molar-refractivity contribution in [2.75, 3.05) is 13.1 Å². The van der Waals surface area contributed by atoms with E-state index in [4.69, 9.17) is 5.73 Å². The van der Waals surface area contributed by atoms with Gasteiger partial charge in [0.2, 0.25) is 5.91 Å². The van der Waals surface area contributed by atoms with Gasteiger partial charge in [-0.05, 0) is 44.6 Å². The number of halogens is 1. The zero-order valence-electron chi connectivity index (χ0n) is 11.5. The molecule has 0 bridgehead atoms. The molecule has 106 valence electrons. The summed E-state index contributed by atoms with van der Waals surface area (Å²) in [5.41, 5.74) is 6.07.